The molecule has 4 aromatic heterocycles. The first kappa shape index (κ1) is 33.1. The summed E-state index contributed by atoms with van der Waals surface area (Å²) in [6.07, 6.45) is 8.08. The van der Waals surface area contributed by atoms with Gasteiger partial charge in [-0.05, 0) is 78.7 Å². The van der Waals surface area contributed by atoms with Crippen molar-refractivity contribution in [3.63, 3.8) is 0 Å². The van der Waals surface area contributed by atoms with E-state index >= 15 is 0 Å². The van der Waals surface area contributed by atoms with Crippen LogP contribution in [0, 0.1) is 0 Å². The van der Waals surface area contributed by atoms with Crippen molar-refractivity contribution in [3.8, 4) is 17.2 Å². The lowest BCUT2D eigenvalue weighted by molar-refractivity contribution is 0.588. The molecule has 0 saturated heterocycles. The number of nitrogens with zero attached hydrogens (tertiary/aromatic N) is 5. The molecule has 5 aromatic carbocycles. The number of nitrogens with two attached hydrogens (primary N) is 1. The maximum atomic E-state index is 6.42. The first-order chi connectivity index (χ1) is 27.6. The lowest BCUT2D eigenvalue weighted by atomic mass is 10.0. The Morgan fingerprint density at radius 3 is 1.84 bits per heavy atom. The van der Waals surface area contributed by atoms with Crippen molar-refractivity contribution < 1.29 is 0 Å². The standard InChI is InChI=1S/C49H37N7/c1-32(31-51-49(50)33-15-3-2-4-16-33)34-29-41(39-21-13-27-47(53-39)55-43-23-9-5-17-35(43)36-18-6-10-24-44(36)55)52-42(30-34)40-22-14-28-48(54-40)56-45-25-11-7-19-37(45)38-20-8-12-26-46(38)56/h2-31,47,53H,1H3,(H2,50,51)/b32-31+. The van der Waals surface area contributed by atoms with Crippen LogP contribution in [0.3, 0.4) is 0 Å². The highest BCUT2D eigenvalue weighted by molar-refractivity contribution is 6.09. The van der Waals surface area contributed by atoms with Crippen molar-refractivity contribution in [1.82, 2.24) is 24.4 Å². The SMILES string of the molecule is C/C(=C\N=C(N)c1ccccc1)c1cc(C2=CC=CC(n3c4ccccc4c4ccccc43)N2)nc(-c2cccc(-n3c4ccccc4c4ccccc43)n2)c1. The number of hydrogen-bond acceptors (Lipinski definition) is 4. The fraction of sp³-hybridized carbons (Fsp3) is 0.0408. The lowest BCUT2D eigenvalue weighted by Gasteiger charge is -2.25. The second kappa shape index (κ2) is 13.7. The Morgan fingerprint density at radius 2 is 1.18 bits per heavy atom. The smallest absolute Gasteiger partial charge is 0.138 e. The Labute approximate surface area is 324 Å². The molecule has 0 spiro atoms. The van der Waals surface area contributed by atoms with Crippen molar-refractivity contribution in [2.75, 3.05) is 0 Å². The number of pyridine rings is 2. The predicted octanol–water partition coefficient (Wildman–Crippen LogP) is 10.8. The number of aromatic nitrogens is 4. The number of para-hydroxylation sites is 4. The maximum absolute atomic E-state index is 6.42. The summed E-state index contributed by atoms with van der Waals surface area (Å²) in [6.45, 7) is 2.05. The maximum Gasteiger partial charge on any atom is 0.138 e. The number of amidine groups is 1. The van der Waals surface area contributed by atoms with Gasteiger partial charge in [-0.25, -0.2) is 15.0 Å². The summed E-state index contributed by atoms with van der Waals surface area (Å²) >= 11 is 0. The molecule has 268 valence electrons. The van der Waals surface area contributed by atoms with Gasteiger partial charge in [-0.15, -0.1) is 0 Å². The second-order valence-corrected chi connectivity index (χ2v) is 14.0. The third-order valence-corrected chi connectivity index (χ3v) is 10.6. The van der Waals surface area contributed by atoms with E-state index in [9.17, 15) is 0 Å². The van der Waals surface area contributed by atoms with Crippen LogP contribution in [0.1, 0.15) is 29.9 Å². The molecule has 0 saturated carbocycles. The van der Waals surface area contributed by atoms with Gasteiger partial charge in [0, 0.05) is 33.3 Å². The third kappa shape index (κ3) is 5.74. The van der Waals surface area contributed by atoms with Gasteiger partial charge in [0.05, 0.1) is 44.8 Å². The van der Waals surface area contributed by atoms with Crippen LogP contribution < -0.4 is 11.1 Å². The Morgan fingerprint density at radius 1 is 0.607 bits per heavy atom. The van der Waals surface area contributed by atoms with Crippen LogP contribution in [0.25, 0.3) is 72.1 Å². The summed E-state index contributed by atoms with van der Waals surface area (Å²) < 4.78 is 4.60. The van der Waals surface area contributed by atoms with Crippen LogP contribution in [0.4, 0.5) is 0 Å². The lowest BCUT2D eigenvalue weighted by Crippen LogP contribution is -2.26. The van der Waals surface area contributed by atoms with Gasteiger partial charge in [0.25, 0.3) is 0 Å². The molecule has 9 aromatic rings. The van der Waals surface area contributed by atoms with Gasteiger partial charge in [-0.3, -0.25) is 4.57 Å². The first-order valence-corrected chi connectivity index (χ1v) is 18.8. The monoisotopic (exact) mass is 723 g/mol. The van der Waals surface area contributed by atoms with Crippen LogP contribution >= 0.6 is 0 Å². The number of allylic oxidation sites excluding steroid dienone is 3. The van der Waals surface area contributed by atoms with E-state index in [1.807, 2.05) is 42.6 Å². The van der Waals surface area contributed by atoms with Crippen molar-refractivity contribution in [2.45, 2.75) is 13.1 Å². The Kier molecular flexibility index (Phi) is 8.11. The van der Waals surface area contributed by atoms with E-state index in [1.165, 1.54) is 32.6 Å². The molecule has 1 unspecified atom stereocenters. The fourth-order valence-corrected chi connectivity index (χ4v) is 7.89. The van der Waals surface area contributed by atoms with E-state index in [2.05, 4.69) is 166 Å². The first-order valence-electron chi connectivity index (χ1n) is 18.8. The molecule has 3 N–H and O–H groups in total. The van der Waals surface area contributed by atoms with Gasteiger partial charge >= 0.3 is 0 Å². The van der Waals surface area contributed by atoms with Gasteiger partial charge in [0.1, 0.15) is 17.8 Å². The molecule has 10 rings (SSSR count). The molecule has 1 aliphatic heterocycles. The van der Waals surface area contributed by atoms with E-state index in [0.29, 0.717) is 5.84 Å². The molecule has 7 nitrogen and oxygen atoms in total. The number of benzene rings is 5. The molecule has 0 aliphatic carbocycles. The van der Waals surface area contributed by atoms with Crippen LogP contribution in [0.2, 0.25) is 0 Å². The van der Waals surface area contributed by atoms with Crippen LogP contribution in [0.15, 0.2) is 187 Å². The van der Waals surface area contributed by atoms with E-state index in [0.717, 1.165) is 56.3 Å². The van der Waals surface area contributed by atoms with Crippen molar-refractivity contribution in [1.29, 1.82) is 0 Å². The zero-order valence-electron chi connectivity index (χ0n) is 30.7. The van der Waals surface area contributed by atoms with Crippen molar-refractivity contribution in [2.24, 2.45) is 10.7 Å². The average Bonchev–Trinajstić information content (AvgIpc) is 3.79. The molecule has 1 aliphatic rings. The van der Waals surface area contributed by atoms with Gasteiger partial charge in [0.15, 0.2) is 0 Å². The Hall–Kier alpha value is -7.51. The number of hydrogen-bond donors (Lipinski definition) is 2. The predicted molar refractivity (Wildman–Crippen MR) is 231 cm³/mol. The third-order valence-electron chi connectivity index (χ3n) is 10.6. The highest BCUT2D eigenvalue weighted by Crippen LogP contribution is 2.35. The number of nitrogens with one attached hydrogen (secondary N) is 1. The molecule has 0 amide bonds. The molecule has 56 heavy (non-hydrogen) atoms. The van der Waals surface area contributed by atoms with Crippen LogP contribution in [-0.4, -0.2) is 24.9 Å². The van der Waals surface area contributed by atoms with E-state index in [4.69, 9.17) is 15.7 Å². The average molecular weight is 724 g/mol. The number of aliphatic imine (C=N–C) groups is 1. The molecular weight excluding hydrogens is 687 g/mol. The highest BCUT2D eigenvalue weighted by atomic mass is 15.2. The van der Waals surface area contributed by atoms with E-state index < -0.39 is 0 Å². The molecule has 5 heterocycles. The quantitative estimate of drug-likeness (QED) is 0.127. The summed E-state index contributed by atoms with van der Waals surface area (Å²) in [5, 5.41) is 8.66. The van der Waals surface area contributed by atoms with E-state index in [1.54, 1.807) is 0 Å². The summed E-state index contributed by atoms with van der Waals surface area (Å²) in [4.78, 5) is 15.3. The van der Waals surface area contributed by atoms with Crippen molar-refractivity contribution in [3.05, 3.63) is 199 Å². The minimum absolute atomic E-state index is 0.141. The summed E-state index contributed by atoms with van der Waals surface area (Å²) in [5.74, 6) is 1.28. The fourth-order valence-electron chi connectivity index (χ4n) is 7.89. The highest BCUT2D eigenvalue weighted by Gasteiger charge is 2.21. The van der Waals surface area contributed by atoms with Gasteiger partial charge in [0.2, 0.25) is 0 Å². The minimum atomic E-state index is -0.141. The summed E-state index contributed by atoms with van der Waals surface area (Å²) in [7, 11) is 0. The van der Waals surface area contributed by atoms with Gasteiger partial charge < -0.3 is 15.6 Å². The van der Waals surface area contributed by atoms with Crippen molar-refractivity contribution >= 4 is 60.7 Å². The minimum Gasteiger partial charge on any atom is -0.383 e. The van der Waals surface area contributed by atoms with Crippen LogP contribution in [-0.2, 0) is 0 Å². The summed E-state index contributed by atoms with van der Waals surface area (Å²) in [6, 6.07) is 54.3. The molecule has 1 atom stereocenters. The van der Waals surface area contributed by atoms with E-state index in [-0.39, 0.29) is 6.17 Å². The second-order valence-electron chi connectivity index (χ2n) is 14.0. The molecular formula is C49H37N7. The Balaban J connectivity index is 1.09. The molecule has 0 fully saturated rings. The number of fused-ring (bicyclic) bond motifs is 6. The number of rotatable bonds is 7. The molecule has 0 bridgehead atoms. The zero-order valence-corrected chi connectivity index (χ0v) is 30.7. The Bertz CT molecular complexity index is 2980. The summed E-state index contributed by atoms with van der Waals surface area (Å²) in [5.41, 5.74) is 17.0. The normalized spacial score (nSPS) is 14.8. The molecule has 0 radical (unpaired) electrons. The van der Waals surface area contributed by atoms with Gasteiger partial charge in [-0.2, -0.15) is 0 Å². The van der Waals surface area contributed by atoms with Gasteiger partial charge in [-0.1, -0.05) is 115 Å². The topological polar surface area (TPSA) is 86.0 Å². The largest absolute Gasteiger partial charge is 0.383 e. The molecule has 7 heteroatoms. The zero-order chi connectivity index (χ0) is 37.6. The van der Waals surface area contributed by atoms with Crippen LogP contribution in [0.5, 0.6) is 0 Å². The number of dihydropyridines is 1.